The number of hydrogen-bond donors (Lipinski definition) is 2. The Bertz CT molecular complexity index is 518. The number of thiazole rings is 1. The van der Waals surface area contributed by atoms with Gasteiger partial charge in [-0.25, -0.2) is 9.98 Å². The van der Waals surface area contributed by atoms with Gasteiger partial charge in [-0.15, -0.1) is 11.3 Å². The molecule has 0 spiro atoms. The van der Waals surface area contributed by atoms with Gasteiger partial charge in [-0.1, -0.05) is 6.92 Å². The summed E-state index contributed by atoms with van der Waals surface area (Å²) in [5.74, 6) is 1.53. The van der Waals surface area contributed by atoms with Crippen LogP contribution in [0.3, 0.4) is 0 Å². The first kappa shape index (κ1) is 18.2. The van der Waals surface area contributed by atoms with Gasteiger partial charge < -0.3 is 10.6 Å². The van der Waals surface area contributed by atoms with E-state index in [9.17, 15) is 0 Å². The van der Waals surface area contributed by atoms with Crippen molar-refractivity contribution >= 4 is 17.3 Å². The molecular weight excluding hydrogens is 306 g/mol. The highest BCUT2D eigenvalue weighted by Gasteiger charge is 2.31. The molecule has 0 saturated carbocycles. The van der Waals surface area contributed by atoms with Crippen molar-refractivity contribution in [3.05, 3.63) is 15.6 Å². The van der Waals surface area contributed by atoms with Crippen LogP contribution in [-0.4, -0.2) is 47.6 Å². The van der Waals surface area contributed by atoms with E-state index in [1.807, 2.05) is 0 Å². The summed E-state index contributed by atoms with van der Waals surface area (Å²) in [6, 6.07) is 1.06. The molecule has 23 heavy (non-hydrogen) atoms. The first-order chi connectivity index (χ1) is 10.9. The van der Waals surface area contributed by atoms with Crippen LogP contribution in [-0.2, 0) is 6.54 Å². The van der Waals surface area contributed by atoms with Gasteiger partial charge in [-0.2, -0.15) is 0 Å². The molecule has 1 saturated heterocycles. The number of aryl methyl sites for hydroxylation is 2. The van der Waals surface area contributed by atoms with E-state index in [0.717, 1.165) is 36.3 Å². The molecule has 2 unspecified atom stereocenters. The monoisotopic (exact) mass is 337 g/mol. The minimum Gasteiger partial charge on any atom is -0.357 e. The van der Waals surface area contributed by atoms with Crippen LogP contribution in [0.5, 0.6) is 0 Å². The number of nitrogens with zero attached hydrogens (tertiary/aromatic N) is 3. The number of nitrogens with one attached hydrogen (secondary N) is 2. The molecule has 1 aliphatic rings. The normalized spacial score (nSPS) is 22.8. The Balaban J connectivity index is 1.99. The van der Waals surface area contributed by atoms with E-state index in [4.69, 9.17) is 4.99 Å². The van der Waals surface area contributed by atoms with Crippen LogP contribution in [0.4, 0.5) is 0 Å². The number of aliphatic imine (C=N–C) groups is 1. The predicted octanol–water partition coefficient (Wildman–Crippen LogP) is 2.54. The third-order valence-electron chi connectivity index (χ3n) is 4.48. The lowest BCUT2D eigenvalue weighted by molar-refractivity contribution is 0.265. The summed E-state index contributed by atoms with van der Waals surface area (Å²) in [7, 11) is 0. The molecule has 5 nitrogen and oxygen atoms in total. The lowest BCUT2D eigenvalue weighted by Crippen LogP contribution is -2.46. The van der Waals surface area contributed by atoms with E-state index in [2.05, 4.69) is 62.1 Å². The molecule has 1 aromatic heterocycles. The summed E-state index contributed by atoms with van der Waals surface area (Å²) >= 11 is 1.74. The number of likely N-dealkylation sites (tertiary alicyclic amines) is 1. The first-order valence-corrected chi connectivity index (χ1v) is 9.44. The molecule has 130 valence electrons. The number of hydrogen-bond acceptors (Lipinski definition) is 4. The highest BCUT2D eigenvalue weighted by Crippen LogP contribution is 2.19. The zero-order valence-corrected chi connectivity index (χ0v) is 16.1. The average Bonchev–Trinajstić information content (AvgIpc) is 3.00. The van der Waals surface area contributed by atoms with Crippen LogP contribution >= 0.6 is 11.3 Å². The third-order valence-corrected chi connectivity index (χ3v) is 5.54. The largest absolute Gasteiger partial charge is 0.357 e. The topological polar surface area (TPSA) is 52.6 Å². The molecule has 1 fully saturated rings. The molecule has 0 aliphatic carbocycles. The molecule has 2 N–H and O–H groups in total. The quantitative estimate of drug-likeness (QED) is 0.640. The Kier molecular flexibility index (Phi) is 6.41. The summed E-state index contributed by atoms with van der Waals surface area (Å²) in [5.41, 5.74) is 1.12. The maximum Gasteiger partial charge on any atom is 0.191 e. The van der Waals surface area contributed by atoms with Gasteiger partial charge in [-0.05, 0) is 40.5 Å². The number of rotatable bonds is 5. The van der Waals surface area contributed by atoms with E-state index in [1.54, 1.807) is 11.3 Å². The van der Waals surface area contributed by atoms with E-state index in [1.165, 1.54) is 4.88 Å². The molecule has 2 atom stereocenters. The summed E-state index contributed by atoms with van der Waals surface area (Å²) < 4.78 is 0. The average molecular weight is 338 g/mol. The van der Waals surface area contributed by atoms with Crippen molar-refractivity contribution in [1.29, 1.82) is 0 Å². The van der Waals surface area contributed by atoms with Crippen LogP contribution in [0.2, 0.25) is 0 Å². The van der Waals surface area contributed by atoms with Crippen molar-refractivity contribution < 1.29 is 0 Å². The molecule has 0 aromatic carbocycles. The maximum atomic E-state index is 4.73. The maximum absolute atomic E-state index is 4.73. The van der Waals surface area contributed by atoms with E-state index >= 15 is 0 Å². The zero-order valence-electron chi connectivity index (χ0n) is 15.3. The van der Waals surface area contributed by atoms with E-state index < -0.39 is 0 Å². The van der Waals surface area contributed by atoms with Gasteiger partial charge in [-0.3, -0.25) is 4.90 Å². The Morgan fingerprint density at radius 2 is 2.13 bits per heavy atom. The fraction of sp³-hybridized carbons (Fsp3) is 0.765. The minimum absolute atomic E-state index is 0.454. The molecule has 1 aliphatic heterocycles. The number of guanidine groups is 1. The van der Waals surface area contributed by atoms with Crippen LogP contribution in [0.15, 0.2) is 4.99 Å². The molecule has 2 rings (SSSR count). The van der Waals surface area contributed by atoms with Crippen LogP contribution in [0, 0.1) is 19.8 Å². The van der Waals surface area contributed by atoms with Crippen molar-refractivity contribution in [2.24, 2.45) is 10.9 Å². The second-order valence-electron chi connectivity index (χ2n) is 6.72. The Hall–Kier alpha value is -1.14. The van der Waals surface area contributed by atoms with Gasteiger partial charge in [0.15, 0.2) is 5.96 Å². The predicted molar refractivity (Wildman–Crippen MR) is 99.2 cm³/mol. The van der Waals surface area contributed by atoms with Crippen molar-refractivity contribution in [3.63, 3.8) is 0 Å². The number of aromatic nitrogens is 1. The Morgan fingerprint density at radius 1 is 1.39 bits per heavy atom. The minimum atomic E-state index is 0.454. The molecule has 1 aromatic rings. The highest BCUT2D eigenvalue weighted by atomic mass is 32.1. The van der Waals surface area contributed by atoms with Crippen molar-refractivity contribution in [2.45, 2.75) is 60.2 Å². The standard InChI is InChI=1S/C17H31N5S/c1-7-18-17(19-8-16-20-13(5)14(6)23-16)21-15-10-22(11(2)3)9-12(15)4/h11-12,15H,7-10H2,1-6H3,(H2,18,19,21). The van der Waals surface area contributed by atoms with Crippen LogP contribution in [0.1, 0.15) is 43.3 Å². The van der Waals surface area contributed by atoms with E-state index in [0.29, 0.717) is 24.5 Å². The molecule has 0 bridgehead atoms. The Morgan fingerprint density at radius 3 is 2.65 bits per heavy atom. The summed E-state index contributed by atoms with van der Waals surface area (Å²) in [4.78, 5) is 13.1. The van der Waals surface area contributed by atoms with Gasteiger partial charge in [0.2, 0.25) is 0 Å². The molecule has 2 heterocycles. The van der Waals surface area contributed by atoms with Crippen molar-refractivity contribution in [2.75, 3.05) is 19.6 Å². The zero-order chi connectivity index (χ0) is 17.0. The molecule has 6 heteroatoms. The summed E-state index contributed by atoms with van der Waals surface area (Å²) in [5, 5.41) is 8.06. The third kappa shape index (κ3) is 4.91. The smallest absolute Gasteiger partial charge is 0.191 e. The van der Waals surface area contributed by atoms with Gasteiger partial charge in [0.25, 0.3) is 0 Å². The second kappa shape index (κ2) is 8.11. The lowest BCUT2D eigenvalue weighted by atomic mass is 10.1. The molecular formula is C17H31N5S. The van der Waals surface area contributed by atoms with Crippen LogP contribution < -0.4 is 10.6 Å². The van der Waals surface area contributed by atoms with Gasteiger partial charge in [0, 0.05) is 36.6 Å². The summed E-state index contributed by atoms with van der Waals surface area (Å²) in [6.45, 7) is 16.9. The van der Waals surface area contributed by atoms with Crippen molar-refractivity contribution in [1.82, 2.24) is 20.5 Å². The van der Waals surface area contributed by atoms with Gasteiger partial charge in [0.05, 0.1) is 12.2 Å². The van der Waals surface area contributed by atoms with Crippen molar-refractivity contribution in [3.8, 4) is 0 Å². The fourth-order valence-corrected chi connectivity index (χ4v) is 3.72. The highest BCUT2D eigenvalue weighted by molar-refractivity contribution is 7.11. The second-order valence-corrected chi connectivity index (χ2v) is 8.01. The SMILES string of the molecule is CCNC(=NCc1nc(C)c(C)s1)NC1CN(C(C)C)CC1C. The fourth-order valence-electron chi connectivity index (χ4n) is 2.86. The van der Waals surface area contributed by atoms with Crippen LogP contribution in [0.25, 0.3) is 0 Å². The lowest BCUT2D eigenvalue weighted by Gasteiger charge is -2.21. The van der Waals surface area contributed by atoms with E-state index in [-0.39, 0.29) is 0 Å². The molecule has 0 amide bonds. The van der Waals surface area contributed by atoms with Gasteiger partial charge in [0.1, 0.15) is 5.01 Å². The first-order valence-electron chi connectivity index (χ1n) is 8.62. The summed E-state index contributed by atoms with van der Waals surface area (Å²) in [6.07, 6.45) is 0. The Labute approximate surface area is 144 Å². The molecule has 0 radical (unpaired) electrons. The van der Waals surface area contributed by atoms with Gasteiger partial charge >= 0.3 is 0 Å².